The van der Waals surface area contributed by atoms with E-state index in [1.807, 2.05) is 0 Å². The molecule has 0 saturated carbocycles. The van der Waals surface area contributed by atoms with Gasteiger partial charge in [-0.1, -0.05) is 6.07 Å². The van der Waals surface area contributed by atoms with Gasteiger partial charge < -0.3 is 15.2 Å². The van der Waals surface area contributed by atoms with E-state index in [-0.39, 0.29) is 6.61 Å². The lowest BCUT2D eigenvalue weighted by atomic mass is 10.3. The fourth-order valence-electron chi connectivity index (χ4n) is 1.27. The Hall–Kier alpha value is -2.22. The summed E-state index contributed by atoms with van der Waals surface area (Å²) in [6.45, 7) is 1.33. The zero-order valence-corrected chi connectivity index (χ0v) is 10.2. The number of nitrogens with two attached hydrogens (primary N) is 1. The summed E-state index contributed by atoms with van der Waals surface area (Å²) < 4.78 is 23.0. The first-order chi connectivity index (χ1) is 8.97. The van der Waals surface area contributed by atoms with Crippen LogP contribution < -0.4 is 10.5 Å². The molecule has 1 unspecified atom stereocenters. The standard InChI is InChI=1S/C11H13FN2O5/c1-2-18-11(15)8(13)6-19-10-7(12)4-3-5-9(10)14(16)17/h3-5,8H,2,6,13H2,1H3. The Morgan fingerprint density at radius 1 is 1.58 bits per heavy atom. The average molecular weight is 272 g/mol. The molecule has 0 heterocycles. The van der Waals surface area contributed by atoms with Crippen LogP contribution in [-0.2, 0) is 9.53 Å². The van der Waals surface area contributed by atoms with Crippen molar-refractivity contribution in [3.8, 4) is 5.75 Å². The zero-order valence-electron chi connectivity index (χ0n) is 10.2. The monoisotopic (exact) mass is 272 g/mol. The molecule has 0 aliphatic rings. The van der Waals surface area contributed by atoms with Crippen LogP contribution in [0.4, 0.5) is 10.1 Å². The normalized spacial score (nSPS) is 11.7. The van der Waals surface area contributed by atoms with Crippen molar-refractivity contribution in [1.29, 1.82) is 0 Å². The molecule has 0 saturated heterocycles. The number of benzene rings is 1. The Labute approximate surface area is 108 Å². The second-order valence-corrected chi connectivity index (χ2v) is 3.51. The summed E-state index contributed by atoms with van der Waals surface area (Å²) in [5.74, 6) is -2.17. The zero-order chi connectivity index (χ0) is 14.4. The minimum atomic E-state index is -1.14. The highest BCUT2D eigenvalue weighted by Crippen LogP contribution is 2.29. The number of halogens is 1. The highest BCUT2D eigenvalue weighted by atomic mass is 19.1. The molecule has 104 valence electrons. The van der Waals surface area contributed by atoms with Gasteiger partial charge in [0.05, 0.1) is 11.5 Å². The number of ether oxygens (including phenoxy) is 2. The molecular formula is C11H13FN2O5. The number of nitro groups is 1. The Bertz CT molecular complexity index is 480. The van der Waals surface area contributed by atoms with Gasteiger partial charge in [0.2, 0.25) is 5.75 Å². The smallest absolute Gasteiger partial charge is 0.326 e. The number of hydrogen-bond donors (Lipinski definition) is 1. The minimum absolute atomic E-state index is 0.145. The number of hydrogen-bond acceptors (Lipinski definition) is 6. The molecule has 1 atom stereocenters. The van der Waals surface area contributed by atoms with Gasteiger partial charge in [-0.3, -0.25) is 14.9 Å². The number of nitro benzene ring substituents is 1. The number of esters is 1. The summed E-state index contributed by atoms with van der Waals surface area (Å²) >= 11 is 0. The van der Waals surface area contributed by atoms with Crippen LogP contribution in [-0.4, -0.2) is 30.1 Å². The summed E-state index contributed by atoms with van der Waals surface area (Å²) in [5, 5.41) is 10.7. The van der Waals surface area contributed by atoms with Gasteiger partial charge in [0, 0.05) is 6.07 Å². The van der Waals surface area contributed by atoms with Gasteiger partial charge in [-0.05, 0) is 13.0 Å². The molecule has 0 aliphatic heterocycles. The fraction of sp³-hybridized carbons (Fsp3) is 0.364. The van der Waals surface area contributed by atoms with E-state index in [2.05, 4.69) is 4.74 Å². The number of carbonyl (C=O) groups is 1. The molecule has 1 aromatic carbocycles. The molecule has 1 aromatic rings. The van der Waals surface area contributed by atoms with E-state index in [0.29, 0.717) is 0 Å². The van der Waals surface area contributed by atoms with Crippen molar-refractivity contribution < 1.29 is 23.6 Å². The molecule has 0 bridgehead atoms. The van der Waals surface area contributed by atoms with E-state index >= 15 is 0 Å². The maximum Gasteiger partial charge on any atom is 0.326 e. The summed E-state index contributed by atoms with van der Waals surface area (Å²) in [4.78, 5) is 21.1. The second-order valence-electron chi connectivity index (χ2n) is 3.51. The van der Waals surface area contributed by atoms with Crippen LogP contribution in [0.15, 0.2) is 18.2 Å². The molecule has 7 nitrogen and oxygen atoms in total. The topological polar surface area (TPSA) is 105 Å². The highest BCUT2D eigenvalue weighted by molar-refractivity contribution is 5.75. The van der Waals surface area contributed by atoms with E-state index in [4.69, 9.17) is 10.5 Å². The van der Waals surface area contributed by atoms with Crippen molar-refractivity contribution in [3.63, 3.8) is 0 Å². The quantitative estimate of drug-likeness (QED) is 0.470. The van der Waals surface area contributed by atoms with Crippen LogP contribution in [0.2, 0.25) is 0 Å². The van der Waals surface area contributed by atoms with Gasteiger partial charge >= 0.3 is 11.7 Å². The van der Waals surface area contributed by atoms with Gasteiger partial charge in [0.25, 0.3) is 0 Å². The van der Waals surface area contributed by atoms with Gasteiger partial charge in [-0.15, -0.1) is 0 Å². The van der Waals surface area contributed by atoms with Crippen LogP contribution in [0.1, 0.15) is 6.92 Å². The maximum atomic E-state index is 13.4. The highest BCUT2D eigenvalue weighted by Gasteiger charge is 2.22. The Kier molecular flexibility index (Phi) is 5.19. The SMILES string of the molecule is CCOC(=O)C(N)COc1c(F)cccc1[N+](=O)[O-]. The Morgan fingerprint density at radius 2 is 2.26 bits per heavy atom. The molecule has 2 N–H and O–H groups in total. The van der Waals surface area contributed by atoms with Gasteiger partial charge in [0.1, 0.15) is 12.6 Å². The summed E-state index contributed by atoms with van der Waals surface area (Å²) in [6.07, 6.45) is 0. The maximum absolute atomic E-state index is 13.4. The van der Waals surface area contributed by atoms with Crippen molar-refractivity contribution in [3.05, 3.63) is 34.1 Å². The van der Waals surface area contributed by atoms with Crippen molar-refractivity contribution in [1.82, 2.24) is 0 Å². The lowest BCUT2D eigenvalue weighted by Crippen LogP contribution is -2.38. The molecule has 0 fully saturated rings. The van der Waals surface area contributed by atoms with Crippen LogP contribution in [0, 0.1) is 15.9 Å². The van der Waals surface area contributed by atoms with E-state index in [1.54, 1.807) is 6.92 Å². The molecule has 0 amide bonds. The minimum Gasteiger partial charge on any atom is -0.482 e. The third-order valence-electron chi connectivity index (χ3n) is 2.14. The van der Waals surface area contributed by atoms with Crippen molar-refractivity contribution in [2.75, 3.05) is 13.2 Å². The predicted octanol–water partition coefficient (Wildman–Crippen LogP) is 1.00. The van der Waals surface area contributed by atoms with Crippen LogP contribution in [0.25, 0.3) is 0 Å². The van der Waals surface area contributed by atoms with Crippen LogP contribution in [0.3, 0.4) is 0 Å². The van der Waals surface area contributed by atoms with Crippen molar-refractivity contribution >= 4 is 11.7 Å². The van der Waals surface area contributed by atoms with Crippen LogP contribution >= 0.6 is 0 Å². The van der Waals surface area contributed by atoms with Crippen molar-refractivity contribution in [2.24, 2.45) is 5.73 Å². The van der Waals surface area contributed by atoms with E-state index in [1.165, 1.54) is 6.07 Å². The Morgan fingerprint density at radius 3 is 2.84 bits per heavy atom. The Balaban J connectivity index is 2.77. The number of carbonyl (C=O) groups excluding carboxylic acids is 1. The number of nitrogens with zero attached hydrogens (tertiary/aromatic N) is 1. The van der Waals surface area contributed by atoms with E-state index in [0.717, 1.165) is 12.1 Å². The molecule has 0 spiro atoms. The summed E-state index contributed by atoms with van der Waals surface area (Å²) in [6, 6.07) is 2.15. The second kappa shape index (κ2) is 6.64. The predicted molar refractivity (Wildman–Crippen MR) is 63.2 cm³/mol. The molecule has 8 heteroatoms. The van der Waals surface area contributed by atoms with Gasteiger partial charge in [-0.25, -0.2) is 4.39 Å². The molecule has 0 aromatic heterocycles. The average Bonchev–Trinajstić information content (AvgIpc) is 2.36. The lowest BCUT2D eigenvalue weighted by molar-refractivity contribution is -0.386. The van der Waals surface area contributed by atoms with Crippen molar-refractivity contribution in [2.45, 2.75) is 13.0 Å². The van der Waals surface area contributed by atoms with Crippen LogP contribution in [0.5, 0.6) is 5.75 Å². The molecular weight excluding hydrogens is 259 g/mol. The molecule has 19 heavy (non-hydrogen) atoms. The first-order valence-corrected chi connectivity index (χ1v) is 5.45. The first-order valence-electron chi connectivity index (χ1n) is 5.45. The summed E-state index contributed by atoms with van der Waals surface area (Å²) in [5.41, 5.74) is 4.90. The van der Waals surface area contributed by atoms with E-state index in [9.17, 15) is 19.3 Å². The largest absolute Gasteiger partial charge is 0.482 e. The molecule has 0 aliphatic carbocycles. The first kappa shape index (κ1) is 14.8. The fourth-order valence-corrected chi connectivity index (χ4v) is 1.27. The third kappa shape index (κ3) is 3.88. The number of rotatable bonds is 6. The van der Waals surface area contributed by atoms with E-state index < -0.39 is 40.8 Å². The lowest BCUT2D eigenvalue weighted by Gasteiger charge is -2.12. The van der Waals surface area contributed by atoms with Gasteiger partial charge in [-0.2, -0.15) is 0 Å². The number of para-hydroxylation sites is 1. The molecule has 1 rings (SSSR count). The summed E-state index contributed by atoms with van der Waals surface area (Å²) in [7, 11) is 0. The molecule has 0 radical (unpaired) electrons. The van der Waals surface area contributed by atoms with Gasteiger partial charge in [0.15, 0.2) is 5.82 Å². The third-order valence-corrected chi connectivity index (χ3v) is 2.14.